The van der Waals surface area contributed by atoms with E-state index in [9.17, 15) is 0 Å². The Kier molecular flexibility index (Phi) is 3.69. The average Bonchev–Trinajstić information content (AvgIpc) is 2.32. The molecule has 0 radical (unpaired) electrons. The number of rotatable bonds is 3. The fraction of sp³-hybridized carbons (Fsp3) is 0.333. The molecule has 2 aromatic rings. The zero-order chi connectivity index (χ0) is 14.0. The Morgan fingerprint density at radius 2 is 1.84 bits per heavy atom. The molecule has 0 fully saturated rings. The van der Waals surface area contributed by atoms with Gasteiger partial charge in [0.15, 0.2) is 0 Å². The largest absolute Gasteiger partial charge is 0.424 e. The molecule has 1 aromatic carbocycles. The van der Waals surface area contributed by atoms with Gasteiger partial charge in [-0.3, -0.25) is 0 Å². The van der Waals surface area contributed by atoms with Crippen molar-refractivity contribution < 1.29 is 4.74 Å². The van der Waals surface area contributed by atoms with Crippen molar-refractivity contribution in [2.45, 2.75) is 33.6 Å². The van der Waals surface area contributed by atoms with Crippen molar-refractivity contribution in [2.75, 3.05) is 5.73 Å². The maximum atomic E-state index is 5.76. The number of hydrogen-bond acceptors (Lipinski definition) is 4. The maximum absolute atomic E-state index is 5.76. The molecule has 0 atom stereocenters. The van der Waals surface area contributed by atoms with E-state index in [-0.39, 0.29) is 0 Å². The zero-order valence-electron chi connectivity index (χ0n) is 11.8. The highest BCUT2D eigenvalue weighted by molar-refractivity contribution is 5.47. The van der Waals surface area contributed by atoms with E-state index in [1.54, 1.807) is 0 Å². The van der Waals surface area contributed by atoms with Crippen LogP contribution in [0.4, 0.5) is 5.69 Å². The van der Waals surface area contributed by atoms with Gasteiger partial charge < -0.3 is 10.5 Å². The third kappa shape index (κ3) is 3.22. The van der Waals surface area contributed by atoms with Gasteiger partial charge in [0.05, 0.1) is 5.69 Å². The highest BCUT2D eigenvalue weighted by Crippen LogP contribution is 2.25. The number of nitrogens with zero attached hydrogens (tertiary/aromatic N) is 2. The molecule has 100 valence electrons. The van der Waals surface area contributed by atoms with E-state index in [0.717, 1.165) is 28.4 Å². The Labute approximate surface area is 113 Å². The second-order valence-corrected chi connectivity index (χ2v) is 5.00. The molecule has 0 saturated heterocycles. The molecule has 19 heavy (non-hydrogen) atoms. The van der Waals surface area contributed by atoms with Gasteiger partial charge in [-0.1, -0.05) is 13.8 Å². The highest BCUT2D eigenvalue weighted by atomic mass is 16.5. The topological polar surface area (TPSA) is 61.0 Å². The fourth-order valence-electron chi connectivity index (χ4n) is 1.79. The number of nitrogen functional groups attached to an aromatic ring is 1. The number of anilines is 1. The summed E-state index contributed by atoms with van der Waals surface area (Å²) in [6, 6.07) is 7.88. The van der Waals surface area contributed by atoms with Gasteiger partial charge in [-0.25, -0.2) is 4.98 Å². The van der Waals surface area contributed by atoms with Gasteiger partial charge in [0.25, 0.3) is 0 Å². The molecule has 1 aromatic heterocycles. The lowest BCUT2D eigenvalue weighted by Crippen LogP contribution is -2.01. The van der Waals surface area contributed by atoms with Gasteiger partial charge in [0, 0.05) is 11.4 Å². The maximum Gasteiger partial charge on any atom is 0.322 e. The SMILES string of the molecule is Cc1cc(C(C)C)nc(Oc2ccc(N)cc2C)n1. The Bertz CT molecular complexity index is 594. The predicted octanol–water partition coefficient (Wildman–Crippen LogP) is 3.59. The molecule has 0 aliphatic carbocycles. The molecule has 0 bridgehead atoms. The van der Waals surface area contributed by atoms with E-state index in [4.69, 9.17) is 10.5 Å². The number of nitrogens with two attached hydrogens (primary N) is 1. The molecule has 0 aliphatic heterocycles. The van der Waals surface area contributed by atoms with Crippen molar-refractivity contribution in [3.63, 3.8) is 0 Å². The number of hydrogen-bond donors (Lipinski definition) is 1. The van der Waals surface area contributed by atoms with Crippen molar-refractivity contribution >= 4 is 5.69 Å². The Hall–Kier alpha value is -2.10. The van der Waals surface area contributed by atoms with Crippen LogP contribution in [-0.4, -0.2) is 9.97 Å². The standard InChI is InChI=1S/C15H19N3O/c1-9(2)13-8-11(4)17-15(18-13)19-14-6-5-12(16)7-10(14)3/h5-9H,16H2,1-4H3. The van der Waals surface area contributed by atoms with Crippen molar-refractivity contribution in [1.29, 1.82) is 0 Å². The second kappa shape index (κ2) is 5.26. The Morgan fingerprint density at radius 3 is 2.47 bits per heavy atom. The zero-order valence-corrected chi connectivity index (χ0v) is 11.8. The Balaban J connectivity index is 2.32. The quantitative estimate of drug-likeness (QED) is 0.853. The number of ether oxygens (including phenoxy) is 1. The van der Waals surface area contributed by atoms with Crippen LogP contribution < -0.4 is 10.5 Å². The molecule has 0 spiro atoms. The third-order valence-corrected chi connectivity index (χ3v) is 2.85. The summed E-state index contributed by atoms with van der Waals surface area (Å²) in [5, 5.41) is 0. The molecular weight excluding hydrogens is 238 g/mol. The van der Waals surface area contributed by atoms with Crippen molar-refractivity contribution in [1.82, 2.24) is 9.97 Å². The van der Waals surface area contributed by atoms with Crippen LogP contribution in [0.5, 0.6) is 11.8 Å². The summed E-state index contributed by atoms with van der Waals surface area (Å²) < 4.78 is 5.76. The van der Waals surface area contributed by atoms with Crippen molar-refractivity contribution in [2.24, 2.45) is 0 Å². The van der Waals surface area contributed by atoms with E-state index in [2.05, 4.69) is 23.8 Å². The van der Waals surface area contributed by atoms with Gasteiger partial charge in [-0.2, -0.15) is 4.98 Å². The first-order chi connectivity index (χ1) is 8.95. The summed E-state index contributed by atoms with van der Waals surface area (Å²) >= 11 is 0. The van der Waals surface area contributed by atoms with Crippen molar-refractivity contribution in [3.8, 4) is 11.8 Å². The van der Waals surface area contributed by atoms with Crippen LogP contribution in [0, 0.1) is 13.8 Å². The number of aryl methyl sites for hydroxylation is 2. The molecule has 1 heterocycles. The smallest absolute Gasteiger partial charge is 0.322 e. The lowest BCUT2D eigenvalue weighted by molar-refractivity contribution is 0.433. The Morgan fingerprint density at radius 1 is 1.11 bits per heavy atom. The summed E-state index contributed by atoms with van der Waals surface area (Å²) in [7, 11) is 0. The normalized spacial score (nSPS) is 10.8. The number of aromatic nitrogens is 2. The summed E-state index contributed by atoms with van der Waals surface area (Å²) in [5.41, 5.74) is 9.30. The number of benzene rings is 1. The first kappa shape index (κ1) is 13.3. The van der Waals surface area contributed by atoms with Gasteiger partial charge in [-0.05, 0) is 49.6 Å². The molecule has 0 saturated carbocycles. The van der Waals surface area contributed by atoms with E-state index >= 15 is 0 Å². The summed E-state index contributed by atoms with van der Waals surface area (Å²) in [6.45, 7) is 8.08. The second-order valence-electron chi connectivity index (χ2n) is 5.00. The van der Waals surface area contributed by atoms with Crippen LogP contribution in [0.3, 0.4) is 0 Å². The van der Waals surface area contributed by atoms with Gasteiger partial charge in [-0.15, -0.1) is 0 Å². The lowest BCUT2D eigenvalue weighted by atomic mass is 10.1. The average molecular weight is 257 g/mol. The molecule has 2 N–H and O–H groups in total. The van der Waals surface area contributed by atoms with Crippen LogP contribution >= 0.6 is 0 Å². The molecule has 0 amide bonds. The van der Waals surface area contributed by atoms with E-state index in [1.807, 2.05) is 38.1 Å². The third-order valence-electron chi connectivity index (χ3n) is 2.85. The predicted molar refractivity (Wildman–Crippen MR) is 76.5 cm³/mol. The molecule has 2 rings (SSSR count). The minimum atomic E-state index is 0.344. The fourth-order valence-corrected chi connectivity index (χ4v) is 1.79. The summed E-state index contributed by atoms with van der Waals surface area (Å²) in [4.78, 5) is 8.74. The molecular formula is C15H19N3O. The van der Waals surface area contributed by atoms with Gasteiger partial charge in [0.2, 0.25) is 0 Å². The van der Waals surface area contributed by atoms with Gasteiger partial charge in [0.1, 0.15) is 5.75 Å². The molecule has 4 nitrogen and oxygen atoms in total. The molecule has 0 unspecified atom stereocenters. The highest BCUT2D eigenvalue weighted by Gasteiger charge is 2.09. The van der Waals surface area contributed by atoms with Crippen molar-refractivity contribution in [3.05, 3.63) is 41.2 Å². The molecule has 0 aliphatic rings. The molecule has 4 heteroatoms. The van der Waals surface area contributed by atoms with Crippen LogP contribution in [0.25, 0.3) is 0 Å². The van der Waals surface area contributed by atoms with Crippen LogP contribution in [0.1, 0.15) is 36.7 Å². The van der Waals surface area contributed by atoms with Gasteiger partial charge >= 0.3 is 6.01 Å². The van der Waals surface area contributed by atoms with E-state index in [1.165, 1.54) is 0 Å². The minimum absolute atomic E-state index is 0.344. The monoisotopic (exact) mass is 257 g/mol. The van der Waals surface area contributed by atoms with E-state index in [0.29, 0.717) is 11.9 Å². The summed E-state index contributed by atoms with van der Waals surface area (Å²) in [6.07, 6.45) is 0. The minimum Gasteiger partial charge on any atom is -0.424 e. The van der Waals surface area contributed by atoms with Crippen LogP contribution in [-0.2, 0) is 0 Å². The first-order valence-corrected chi connectivity index (χ1v) is 6.35. The van der Waals surface area contributed by atoms with E-state index < -0.39 is 0 Å². The first-order valence-electron chi connectivity index (χ1n) is 6.35. The lowest BCUT2D eigenvalue weighted by Gasteiger charge is -2.11. The van der Waals surface area contributed by atoms with Crippen LogP contribution in [0.15, 0.2) is 24.3 Å². The van der Waals surface area contributed by atoms with Crippen LogP contribution in [0.2, 0.25) is 0 Å². The summed E-state index contributed by atoms with van der Waals surface area (Å²) in [5.74, 6) is 1.08.